The minimum Gasteiger partial charge on any atom is -0.508 e. The van der Waals surface area contributed by atoms with Gasteiger partial charge in [-0.3, -0.25) is 0 Å². The molecular formula is C17H22O2. The van der Waals surface area contributed by atoms with Crippen LogP contribution in [0.25, 0.3) is 0 Å². The lowest BCUT2D eigenvalue weighted by Gasteiger charge is -2.53. The molecule has 1 saturated carbocycles. The van der Waals surface area contributed by atoms with Crippen molar-refractivity contribution in [3.8, 4) is 5.75 Å². The van der Waals surface area contributed by atoms with Gasteiger partial charge in [0, 0.05) is 5.41 Å². The van der Waals surface area contributed by atoms with Crippen molar-refractivity contribution in [2.45, 2.75) is 51.4 Å². The van der Waals surface area contributed by atoms with Crippen LogP contribution in [0.2, 0.25) is 0 Å². The van der Waals surface area contributed by atoms with Gasteiger partial charge in [-0.05, 0) is 60.3 Å². The molecule has 1 fully saturated rings. The van der Waals surface area contributed by atoms with Gasteiger partial charge in [0.15, 0.2) is 0 Å². The van der Waals surface area contributed by atoms with Crippen LogP contribution in [0.4, 0.5) is 0 Å². The number of phenols is 1. The molecule has 1 N–H and O–H groups in total. The van der Waals surface area contributed by atoms with E-state index in [4.69, 9.17) is 0 Å². The van der Waals surface area contributed by atoms with Crippen LogP contribution >= 0.6 is 0 Å². The molecule has 1 aromatic carbocycles. The summed E-state index contributed by atoms with van der Waals surface area (Å²) in [4.78, 5) is 11.6. The van der Waals surface area contributed by atoms with Crippen molar-refractivity contribution < 1.29 is 9.90 Å². The average Bonchev–Trinajstić information content (AvgIpc) is 2.39. The first-order valence-electron chi connectivity index (χ1n) is 7.28. The van der Waals surface area contributed by atoms with Crippen LogP contribution < -0.4 is 0 Å². The summed E-state index contributed by atoms with van der Waals surface area (Å²) < 4.78 is 0. The molecule has 0 aromatic heterocycles. The largest absolute Gasteiger partial charge is 0.508 e. The Morgan fingerprint density at radius 2 is 2.11 bits per heavy atom. The van der Waals surface area contributed by atoms with E-state index in [-0.39, 0.29) is 10.8 Å². The molecule has 19 heavy (non-hydrogen) atoms. The first-order chi connectivity index (χ1) is 8.99. The van der Waals surface area contributed by atoms with Crippen LogP contribution in [0.3, 0.4) is 0 Å². The monoisotopic (exact) mass is 258 g/mol. The summed E-state index contributed by atoms with van der Waals surface area (Å²) in [6.45, 7) is 4.41. The Morgan fingerprint density at radius 3 is 2.84 bits per heavy atom. The molecule has 0 unspecified atom stereocenters. The molecule has 102 valence electrons. The van der Waals surface area contributed by atoms with Crippen molar-refractivity contribution >= 4 is 6.29 Å². The fourth-order valence-corrected chi connectivity index (χ4v) is 4.64. The third kappa shape index (κ3) is 1.73. The zero-order valence-electron chi connectivity index (χ0n) is 11.8. The van der Waals surface area contributed by atoms with Crippen molar-refractivity contribution in [3.05, 3.63) is 29.3 Å². The minimum absolute atomic E-state index is 0.0419. The number of phenolic OH excluding ortho intramolecular Hbond substituents is 1. The number of benzene rings is 1. The third-order valence-electron chi connectivity index (χ3n) is 5.66. The van der Waals surface area contributed by atoms with Crippen molar-refractivity contribution in [2.75, 3.05) is 0 Å². The van der Waals surface area contributed by atoms with Gasteiger partial charge in [-0.25, -0.2) is 0 Å². The normalized spacial score (nSPS) is 37.3. The quantitative estimate of drug-likeness (QED) is 0.781. The Morgan fingerprint density at radius 1 is 1.32 bits per heavy atom. The zero-order chi connectivity index (χ0) is 13.7. The van der Waals surface area contributed by atoms with Gasteiger partial charge < -0.3 is 9.90 Å². The summed E-state index contributed by atoms with van der Waals surface area (Å²) in [6.07, 6.45) is 6.52. The van der Waals surface area contributed by atoms with Crippen molar-refractivity contribution in [1.29, 1.82) is 0 Å². The number of hydrogen-bond donors (Lipinski definition) is 1. The Balaban J connectivity index is 2.14. The second-order valence-corrected chi connectivity index (χ2v) is 6.83. The van der Waals surface area contributed by atoms with Gasteiger partial charge in [0.25, 0.3) is 0 Å². The van der Waals surface area contributed by atoms with E-state index in [1.54, 1.807) is 6.07 Å². The number of carbonyl (C=O) groups excluding carboxylic acids is 1. The molecule has 1 aromatic rings. The predicted molar refractivity (Wildman–Crippen MR) is 75.3 cm³/mol. The number of hydrogen-bond acceptors (Lipinski definition) is 2. The highest BCUT2D eigenvalue weighted by Gasteiger charge is 2.51. The summed E-state index contributed by atoms with van der Waals surface area (Å²) >= 11 is 0. The van der Waals surface area contributed by atoms with Gasteiger partial charge in [0.05, 0.1) is 0 Å². The number of aldehydes is 1. The average molecular weight is 258 g/mol. The summed E-state index contributed by atoms with van der Waals surface area (Å²) in [5.74, 6) is 0.750. The lowest BCUT2D eigenvalue weighted by Crippen LogP contribution is -2.49. The Bertz CT molecular complexity index is 522. The highest BCUT2D eigenvalue weighted by Crippen LogP contribution is 2.56. The molecule has 0 aliphatic heterocycles. The maximum absolute atomic E-state index is 11.6. The fraction of sp³-hybridized carbons (Fsp3) is 0.588. The van der Waals surface area contributed by atoms with Crippen LogP contribution in [0, 0.1) is 11.3 Å². The van der Waals surface area contributed by atoms with Crippen LogP contribution in [0.1, 0.15) is 50.7 Å². The molecule has 0 amide bonds. The summed E-state index contributed by atoms with van der Waals surface area (Å²) in [7, 11) is 0. The van der Waals surface area contributed by atoms with E-state index < -0.39 is 0 Å². The van der Waals surface area contributed by atoms with Gasteiger partial charge >= 0.3 is 0 Å². The number of aromatic hydroxyl groups is 1. The second-order valence-electron chi connectivity index (χ2n) is 6.83. The van der Waals surface area contributed by atoms with Crippen molar-refractivity contribution in [2.24, 2.45) is 11.3 Å². The van der Waals surface area contributed by atoms with Crippen LogP contribution in [-0.2, 0) is 16.6 Å². The van der Waals surface area contributed by atoms with E-state index in [0.29, 0.717) is 11.7 Å². The molecule has 3 atom stereocenters. The Kier molecular flexibility index (Phi) is 2.74. The van der Waals surface area contributed by atoms with E-state index in [1.807, 2.05) is 6.07 Å². The summed E-state index contributed by atoms with van der Waals surface area (Å²) in [5.41, 5.74) is 2.47. The zero-order valence-corrected chi connectivity index (χ0v) is 11.8. The fourth-order valence-electron chi connectivity index (χ4n) is 4.64. The number of aryl methyl sites for hydroxylation is 1. The number of rotatable bonds is 1. The molecule has 0 spiro atoms. The van der Waals surface area contributed by atoms with Crippen LogP contribution in [0.5, 0.6) is 5.75 Å². The number of fused-ring (bicyclic) bond motifs is 3. The van der Waals surface area contributed by atoms with Gasteiger partial charge in [0.2, 0.25) is 0 Å². The first kappa shape index (κ1) is 12.7. The highest BCUT2D eigenvalue weighted by molar-refractivity contribution is 5.61. The van der Waals surface area contributed by atoms with E-state index in [1.165, 1.54) is 17.4 Å². The van der Waals surface area contributed by atoms with Crippen molar-refractivity contribution in [1.82, 2.24) is 0 Å². The maximum atomic E-state index is 11.6. The molecule has 2 aliphatic rings. The SMILES string of the molecule is C[C@]1(C=O)CCC[C@]2(C)c3cc(O)ccc3CC[C@@H]12. The highest BCUT2D eigenvalue weighted by atomic mass is 16.3. The molecule has 0 bridgehead atoms. The van der Waals surface area contributed by atoms with Gasteiger partial charge in [-0.2, -0.15) is 0 Å². The van der Waals surface area contributed by atoms with Crippen LogP contribution in [-0.4, -0.2) is 11.4 Å². The third-order valence-corrected chi connectivity index (χ3v) is 5.66. The lowest BCUT2D eigenvalue weighted by atomic mass is 9.50. The Hall–Kier alpha value is -1.31. The topological polar surface area (TPSA) is 37.3 Å². The lowest BCUT2D eigenvalue weighted by molar-refractivity contribution is -0.123. The smallest absolute Gasteiger partial charge is 0.126 e. The molecule has 0 radical (unpaired) electrons. The van der Waals surface area contributed by atoms with E-state index in [2.05, 4.69) is 19.9 Å². The minimum atomic E-state index is -0.198. The maximum Gasteiger partial charge on any atom is 0.126 e. The van der Waals surface area contributed by atoms with Gasteiger partial charge in [0.1, 0.15) is 12.0 Å². The van der Waals surface area contributed by atoms with Gasteiger partial charge in [-0.15, -0.1) is 0 Å². The molecule has 3 rings (SSSR count). The molecular weight excluding hydrogens is 236 g/mol. The molecule has 2 nitrogen and oxygen atoms in total. The van der Waals surface area contributed by atoms with Crippen molar-refractivity contribution in [3.63, 3.8) is 0 Å². The molecule has 2 aliphatic carbocycles. The number of carbonyl (C=O) groups is 1. The standard InChI is InChI=1S/C17H22O2/c1-16(11-18)8-3-9-17(2)14-10-13(19)6-4-12(14)5-7-15(16)17/h4,6,10-11,15,19H,3,5,7-9H2,1-2H3/t15-,16+,17+/m0/s1. The summed E-state index contributed by atoms with van der Waals surface area (Å²) in [6, 6.07) is 5.77. The van der Waals surface area contributed by atoms with E-state index in [0.717, 1.165) is 32.1 Å². The summed E-state index contributed by atoms with van der Waals surface area (Å²) in [5, 5.41) is 9.81. The van der Waals surface area contributed by atoms with Crippen LogP contribution in [0.15, 0.2) is 18.2 Å². The predicted octanol–water partition coefficient (Wildman–Crippen LogP) is 3.60. The van der Waals surface area contributed by atoms with E-state index >= 15 is 0 Å². The Labute approximate surface area is 114 Å². The van der Waals surface area contributed by atoms with E-state index in [9.17, 15) is 9.90 Å². The molecule has 2 heteroatoms. The second kappa shape index (κ2) is 4.09. The molecule has 0 saturated heterocycles. The first-order valence-corrected chi connectivity index (χ1v) is 7.28. The molecule has 0 heterocycles. The van der Waals surface area contributed by atoms with Gasteiger partial charge in [-0.1, -0.05) is 26.3 Å².